The summed E-state index contributed by atoms with van der Waals surface area (Å²) < 4.78 is 34.4. The maximum atomic E-state index is 13.4. The van der Waals surface area contributed by atoms with Gasteiger partial charge < -0.3 is 15.0 Å². The molecule has 0 atom stereocenters. The fourth-order valence-corrected chi connectivity index (χ4v) is 5.16. The van der Waals surface area contributed by atoms with Crippen LogP contribution in [0.2, 0.25) is 5.02 Å². The largest absolute Gasteiger partial charge is 0.465 e. The highest BCUT2D eigenvalue weighted by Crippen LogP contribution is 2.24. The number of esters is 1. The molecule has 1 saturated heterocycles. The van der Waals surface area contributed by atoms with Crippen molar-refractivity contribution in [3.8, 4) is 0 Å². The molecular weight excluding hydrogens is 470 g/mol. The Bertz CT molecular complexity index is 1080. The van der Waals surface area contributed by atoms with Crippen molar-refractivity contribution in [2.24, 2.45) is 0 Å². The van der Waals surface area contributed by atoms with E-state index in [1.165, 1.54) is 15.2 Å². The molecule has 1 aromatic carbocycles. The lowest BCUT2D eigenvalue weighted by Crippen LogP contribution is -2.49. The summed E-state index contributed by atoms with van der Waals surface area (Å²) in [6, 6.07) is 7.37. The van der Waals surface area contributed by atoms with E-state index in [4.69, 9.17) is 16.3 Å². The summed E-state index contributed by atoms with van der Waals surface area (Å²) in [7, 11) is -4.02. The topological polar surface area (TPSA) is 114 Å². The minimum Gasteiger partial charge on any atom is -0.465 e. The molecule has 1 fully saturated rings. The number of carbonyl (C=O) groups is 2. The quantitative estimate of drug-likeness (QED) is 0.525. The van der Waals surface area contributed by atoms with E-state index in [2.05, 4.69) is 15.3 Å². The molecule has 1 aromatic heterocycles. The van der Waals surface area contributed by atoms with Crippen LogP contribution in [0.5, 0.6) is 0 Å². The molecule has 2 heterocycles. The van der Waals surface area contributed by atoms with Gasteiger partial charge in [-0.15, -0.1) is 0 Å². The second-order valence-corrected chi connectivity index (χ2v) is 9.76. The first-order chi connectivity index (χ1) is 15.8. The number of anilines is 1. The molecule has 0 spiro atoms. The Kier molecular flexibility index (Phi) is 8.33. The smallest absolute Gasteiger partial charge is 0.325 e. The lowest BCUT2D eigenvalue weighted by atomic mass is 10.2. The Labute approximate surface area is 198 Å². The van der Waals surface area contributed by atoms with Crippen molar-refractivity contribution in [1.82, 2.24) is 19.4 Å². The van der Waals surface area contributed by atoms with Crippen LogP contribution in [-0.4, -0.2) is 73.7 Å². The molecule has 1 N–H and O–H groups in total. The summed E-state index contributed by atoms with van der Waals surface area (Å²) in [5, 5.41) is 6.95. The standard InChI is InChI=1S/C21H28ClN5O5S/c1-3-9-26-15-18(20(29)23-14-19(28)32-4-2)21(24-26)33(30,31)27-12-10-25(11-13-27)17-7-5-16(22)6-8-17/h5-8,15H,3-4,9-14H2,1-2H3,(H,23,29). The van der Waals surface area contributed by atoms with Gasteiger partial charge in [0.05, 0.1) is 12.2 Å². The van der Waals surface area contributed by atoms with Crippen LogP contribution < -0.4 is 10.2 Å². The summed E-state index contributed by atoms with van der Waals surface area (Å²) in [4.78, 5) is 26.4. The number of carbonyl (C=O) groups excluding carboxylic acids is 2. The Hall–Kier alpha value is -2.63. The molecule has 180 valence electrons. The molecule has 1 amide bonds. The second kappa shape index (κ2) is 11.0. The Balaban J connectivity index is 1.77. The highest BCUT2D eigenvalue weighted by molar-refractivity contribution is 7.89. The number of sulfonamides is 1. The van der Waals surface area contributed by atoms with E-state index >= 15 is 0 Å². The highest BCUT2D eigenvalue weighted by Gasteiger charge is 2.35. The van der Waals surface area contributed by atoms with E-state index in [0.29, 0.717) is 31.1 Å². The molecule has 0 aliphatic carbocycles. The number of ether oxygens (including phenoxy) is 1. The Morgan fingerprint density at radius 3 is 2.39 bits per heavy atom. The molecule has 0 unspecified atom stereocenters. The highest BCUT2D eigenvalue weighted by atomic mass is 35.5. The third-order valence-electron chi connectivity index (χ3n) is 5.14. The average molecular weight is 498 g/mol. The zero-order chi connectivity index (χ0) is 24.0. The molecule has 1 aliphatic heterocycles. The number of nitrogens with zero attached hydrogens (tertiary/aromatic N) is 4. The number of benzene rings is 1. The summed E-state index contributed by atoms with van der Waals surface area (Å²) in [6.45, 7) is 5.33. The van der Waals surface area contributed by atoms with Crippen LogP contribution in [0.4, 0.5) is 5.69 Å². The number of hydrogen-bond acceptors (Lipinski definition) is 7. The number of aryl methyl sites for hydroxylation is 1. The molecule has 3 rings (SSSR count). The van der Waals surface area contributed by atoms with E-state index in [1.807, 2.05) is 19.1 Å². The maximum absolute atomic E-state index is 13.4. The zero-order valence-electron chi connectivity index (χ0n) is 18.7. The van der Waals surface area contributed by atoms with Gasteiger partial charge in [-0.2, -0.15) is 9.40 Å². The Morgan fingerprint density at radius 1 is 1.12 bits per heavy atom. The van der Waals surface area contributed by atoms with Gasteiger partial charge in [0.25, 0.3) is 15.9 Å². The zero-order valence-corrected chi connectivity index (χ0v) is 20.2. The first-order valence-electron chi connectivity index (χ1n) is 10.8. The van der Waals surface area contributed by atoms with Gasteiger partial charge in [-0.1, -0.05) is 18.5 Å². The van der Waals surface area contributed by atoms with Crippen molar-refractivity contribution in [2.45, 2.75) is 31.8 Å². The number of rotatable bonds is 9. The lowest BCUT2D eigenvalue weighted by molar-refractivity contribution is -0.141. The number of aromatic nitrogens is 2. The molecule has 0 radical (unpaired) electrons. The third-order valence-corrected chi connectivity index (χ3v) is 7.23. The predicted molar refractivity (Wildman–Crippen MR) is 124 cm³/mol. The van der Waals surface area contributed by atoms with E-state index < -0.39 is 21.9 Å². The second-order valence-electron chi connectivity index (χ2n) is 7.47. The van der Waals surface area contributed by atoms with Crippen molar-refractivity contribution < 1.29 is 22.7 Å². The lowest BCUT2D eigenvalue weighted by Gasteiger charge is -2.35. The summed E-state index contributed by atoms with van der Waals surface area (Å²) >= 11 is 5.95. The minimum absolute atomic E-state index is 0.0899. The van der Waals surface area contributed by atoms with Gasteiger partial charge in [0.1, 0.15) is 6.54 Å². The van der Waals surface area contributed by atoms with Crippen LogP contribution in [0.25, 0.3) is 0 Å². The SMILES string of the molecule is CCCn1cc(C(=O)NCC(=O)OCC)c(S(=O)(=O)N2CCN(c3ccc(Cl)cc3)CC2)n1. The maximum Gasteiger partial charge on any atom is 0.325 e. The van der Waals surface area contributed by atoms with Gasteiger partial charge in [0.2, 0.25) is 5.03 Å². The summed E-state index contributed by atoms with van der Waals surface area (Å²) in [6.07, 6.45) is 2.12. The molecule has 10 nitrogen and oxygen atoms in total. The number of nitrogens with one attached hydrogen (secondary N) is 1. The number of hydrogen-bond donors (Lipinski definition) is 1. The number of amides is 1. The third kappa shape index (κ3) is 6.04. The van der Waals surface area contributed by atoms with Gasteiger partial charge in [0.15, 0.2) is 0 Å². The summed E-state index contributed by atoms with van der Waals surface area (Å²) in [5.41, 5.74) is 0.871. The van der Waals surface area contributed by atoms with Crippen molar-refractivity contribution >= 4 is 39.2 Å². The fourth-order valence-electron chi connectivity index (χ4n) is 3.51. The van der Waals surface area contributed by atoms with Crippen molar-refractivity contribution in [3.63, 3.8) is 0 Å². The molecule has 12 heteroatoms. The average Bonchev–Trinajstić information content (AvgIpc) is 3.23. The molecule has 0 saturated carbocycles. The molecule has 33 heavy (non-hydrogen) atoms. The fraction of sp³-hybridized carbons (Fsp3) is 0.476. The van der Waals surface area contributed by atoms with Crippen LogP contribution >= 0.6 is 11.6 Å². The summed E-state index contributed by atoms with van der Waals surface area (Å²) in [5.74, 6) is -1.29. The molecule has 0 bridgehead atoms. The van der Waals surface area contributed by atoms with Crippen LogP contribution in [-0.2, 0) is 26.1 Å². The van der Waals surface area contributed by atoms with Crippen LogP contribution in [0.15, 0.2) is 35.5 Å². The molecule has 1 aliphatic rings. The number of piperazine rings is 1. The molecule has 2 aromatic rings. The monoisotopic (exact) mass is 497 g/mol. The van der Waals surface area contributed by atoms with E-state index in [0.717, 1.165) is 5.69 Å². The Morgan fingerprint density at radius 2 is 1.79 bits per heavy atom. The van der Waals surface area contributed by atoms with Gasteiger partial charge in [0, 0.05) is 49.6 Å². The van der Waals surface area contributed by atoms with Crippen molar-refractivity contribution in [2.75, 3.05) is 44.2 Å². The number of halogens is 1. The van der Waals surface area contributed by atoms with E-state index in [9.17, 15) is 18.0 Å². The van der Waals surface area contributed by atoms with Crippen LogP contribution in [0.3, 0.4) is 0 Å². The van der Waals surface area contributed by atoms with Crippen molar-refractivity contribution in [1.29, 1.82) is 0 Å². The first kappa shape index (κ1) is 25.0. The van der Waals surface area contributed by atoms with Gasteiger partial charge in [-0.05, 0) is 37.6 Å². The van der Waals surface area contributed by atoms with Gasteiger partial charge in [-0.25, -0.2) is 8.42 Å². The first-order valence-corrected chi connectivity index (χ1v) is 12.6. The van der Waals surface area contributed by atoms with E-state index in [-0.39, 0.29) is 36.8 Å². The van der Waals surface area contributed by atoms with E-state index in [1.54, 1.807) is 19.1 Å². The predicted octanol–water partition coefficient (Wildman–Crippen LogP) is 1.75. The van der Waals surface area contributed by atoms with Crippen LogP contribution in [0.1, 0.15) is 30.6 Å². The van der Waals surface area contributed by atoms with Gasteiger partial charge >= 0.3 is 5.97 Å². The molecular formula is C21H28ClN5O5S. The van der Waals surface area contributed by atoms with Gasteiger partial charge in [-0.3, -0.25) is 14.3 Å². The van der Waals surface area contributed by atoms with Crippen molar-refractivity contribution in [3.05, 3.63) is 41.0 Å². The van der Waals surface area contributed by atoms with Crippen LogP contribution in [0, 0.1) is 0 Å². The minimum atomic E-state index is -4.02. The normalized spacial score (nSPS) is 14.8.